The molecule has 1 amide bonds. The third kappa shape index (κ3) is 3.76. The second-order valence-electron chi connectivity index (χ2n) is 3.93. The van der Waals surface area contributed by atoms with Gasteiger partial charge in [-0.2, -0.15) is 0 Å². The van der Waals surface area contributed by atoms with E-state index >= 15 is 0 Å². The average molecular weight is 250 g/mol. The lowest BCUT2D eigenvalue weighted by Gasteiger charge is -2.20. The molecule has 5 heteroatoms. The summed E-state index contributed by atoms with van der Waals surface area (Å²) >= 11 is 0. The van der Waals surface area contributed by atoms with Gasteiger partial charge in [0.1, 0.15) is 6.54 Å². The number of hydrogen-bond donors (Lipinski definition) is 1. The average Bonchev–Trinajstić information content (AvgIpc) is 2.37. The number of ether oxygens (including phenoxy) is 1. The highest BCUT2D eigenvalue weighted by Crippen LogP contribution is 2.10. The van der Waals surface area contributed by atoms with E-state index in [1.54, 1.807) is 24.3 Å². The van der Waals surface area contributed by atoms with Gasteiger partial charge in [0.25, 0.3) is 5.91 Å². The number of benzene rings is 1. The van der Waals surface area contributed by atoms with Crippen molar-refractivity contribution in [2.24, 2.45) is 0 Å². The molecule has 0 saturated heterocycles. The van der Waals surface area contributed by atoms with Crippen molar-refractivity contribution in [3.05, 3.63) is 29.8 Å². The van der Waals surface area contributed by atoms with E-state index in [0.29, 0.717) is 17.8 Å². The van der Waals surface area contributed by atoms with Crippen LogP contribution in [0.25, 0.3) is 0 Å². The van der Waals surface area contributed by atoms with Gasteiger partial charge in [0.2, 0.25) is 0 Å². The lowest BCUT2D eigenvalue weighted by atomic mass is 10.1. The van der Waals surface area contributed by atoms with Crippen LogP contribution in [0.2, 0.25) is 0 Å². The minimum Gasteiger partial charge on any atom is -0.468 e. The van der Waals surface area contributed by atoms with E-state index in [-0.39, 0.29) is 12.5 Å². The molecule has 98 valence electrons. The number of rotatable bonds is 5. The smallest absolute Gasteiger partial charge is 0.325 e. The maximum atomic E-state index is 12.2. The maximum absolute atomic E-state index is 12.2. The largest absolute Gasteiger partial charge is 0.468 e. The molecule has 0 radical (unpaired) electrons. The van der Waals surface area contributed by atoms with Gasteiger partial charge in [0, 0.05) is 17.8 Å². The zero-order valence-electron chi connectivity index (χ0n) is 10.7. The molecular formula is C13H18N2O3. The number of nitrogens with two attached hydrogens (primary N) is 1. The molecule has 0 aliphatic rings. The number of amides is 1. The second kappa shape index (κ2) is 6.64. The summed E-state index contributed by atoms with van der Waals surface area (Å²) < 4.78 is 4.58. The number of hydrogen-bond acceptors (Lipinski definition) is 4. The van der Waals surface area contributed by atoms with Gasteiger partial charge in [-0.25, -0.2) is 0 Å². The van der Waals surface area contributed by atoms with Gasteiger partial charge in [0.15, 0.2) is 0 Å². The first-order valence-corrected chi connectivity index (χ1v) is 5.80. The summed E-state index contributed by atoms with van der Waals surface area (Å²) in [6.45, 7) is 2.40. The molecule has 0 unspecified atom stereocenters. The first kappa shape index (κ1) is 14.0. The lowest BCUT2D eigenvalue weighted by molar-refractivity contribution is -0.141. The van der Waals surface area contributed by atoms with E-state index in [2.05, 4.69) is 4.74 Å². The molecule has 0 saturated carbocycles. The van der Waals surface area contributed by atoms with Crippen LogP contribution in [0.1, 0.15) is 23.7 Å². The molecule has 18 heavy (non-hydrogen) atoms. The van der Waals surface area contributed by atoms with Crippen LogP contribution in [-0.4, -0.2) is 37.0 Å². The summed E-state index contributed by atoms with van der Waals surface area (Å²) in [5.41, 5.74) is 6.64. The van der Waals surface area contributed by atoms with Crippen molar-refractivity contribution >= 4 is 17.6 Å². The predicted molar refractivity (Wildman–Crippen MR) is 69.1 cm³/mol. The van der Waals surface area contributed by atoms with Crippen LogP contribution < -0.4 is 5.73 Å². The molecule has 0 aromatic heterocycles. The Morgan fingerprint density at radius 2 is 2.11 bits per heavy atom. The Kier molecular flexibility index (Phi) is 5.17. The Hall–Kier alpha value is -2.04. The molecule has 2 N–H and O–H groups in total. The van der Waals surface area contributed by atoms with Crippen molar-refractivity contribution in [3.8, 4) is 0 Å². The van der Waals surface area contributed by atoms with Gasteiger partial charge in [0.05, 0.1) is 7.11 Å². The Morgan fingerprint density at radius 1 is 1.39 bits per heavy atom. The van der Waals surface area contributed by atoms with Gasteiger partial charge in [-0.3, -0.25) is 9.59 Å². The number of anilines is 1. The van der Waals surface area contributed by atoms with Crippen molar-refractivity contribution < 1.29 is 14.3 Å². The fourth-order valence-corrected chi connectivity index (χ4v) is 1.60. The summed E-state index contributed by atoms with van der Waals surface area (Å²) in [6.07, 6.45) is 0.769. The van der Waals surface area contributed by atoms with Crippen molar-refractivity contribution in [2.45, 2.75) is 13.3 Å². The van der Waals surface area contributed by atoms with Gasteiger partial charge in [-0.1, -0.05) is 13.0 Å². The highest BCUT2D eigenvalue weighted by atomic mass is 16.5. The highest BCUT2D eigenvalue weighted by molar-refractivity contribution is 5.96. The van der Waals surface area contributed by atoms with Crippen molar-refractivity contribution in [1.29, 1.82) is 0 Å². The molecule has 0 aliphatic carbocycles. The number of esters is 1. The summed E-state index contributed by atoms with van der Waals surface area (Å²) in [4.78, 5) is 24.9. The number of nitrogen functional groups attached to an aromatic ring is 1. The zero-order valence-corrected chi connectivity index (χ0v) is 10.7. The van der Waals surface area contributed by atoms with Gasteiger partial charge < -0.3 is 15.4 Å². The Bertz CT molecular complexity index is 432. The molecule has 0 heterocycles. The number of carbonyl (C=O) groups excluding carboxylic acids is 2. The SMILES string of the molecule is CCCN(CC(=O)OC)C(=O)c1cccc(N)c1. The van der Waals surface area contributed by atoms with Crippen LogP contribution in [0.5, 0.6) is 0 Å². The second-order valence-corrected chi connectivity index (χ2v) is 3.93. The first-order chi connectivity index (χ1) is 8.58. The molecule has 0 aliphatic heterocycles. The minimum absolute atomic E-state index is 0.0437. The van der Waals surface area contributed by atoms with Crippen LogP contribution in [0.4, 0.5) is 5.69 Å². The zero-order chi connectivity index (χ0) is 13.5. The summed E-state index contributed by atoms with van der Waals surface area (Å²) in [5.74, 6) is -0.643. The highest BCUT2D eigenvalue weighted by Gasteiger charge is 2.18. The van der Waals surface area contributed by atoms with E-state index in [4.69, 9.17) is 5.73 Å². The fraction of sp³-hybridized carbons (Fsp3) is 0.385. The van der Waals surface area contributed by atoms with Gasteiger partial charge in [-0.05, 0) is 24.6 Å². The summed E-state index contributed by atoms with van der Waals surface area (Å²) in [6, 6.07) is 6.70. The quantitative estimate of drug-likeness (QED) is 0.631. The maximum Gasteiger partial charge on any atom is 0.325 e. The fourth-order valence-electron chi connectivity index (χ4n) is 1.60. The lowest BCUT2D eigenvalue weighted by Crippen LogP contribution is -2.36. The van der Waals surface area contributed by atoms with Crippen LogP contribution in [0.15, 0.2) is 24.3 Å². The van der Waals surface area contributed by atoms with Crippen LogP contribution in [0, 0.1) is 0 Å². The number of nitrogens with zero attached hydrogens (tertiary/aromatic N) is 1. The van der Waals surface area contributed by atoms with Crippen LogP contribution in [0.3, 0.4) is 0 Å². The molecule has 0 fully saturated rings. The van der Waals surface area contributed by atoms with Crippen LogP contribution in [-0.2, 0) is 9.53 Å². The topological polar surface area (TPSA) is 72.6 Å². The standard InChI is InChI=1S/C13H18N2O3/c1-3-7-15(9-12(16)18-2)13(17)10-5-4-6-11(14)8-10/h4-6,8H,3,7,9,14H2,1-2H3. The van der Waals surface area contributed by atoms with E-state index < -0.39 is 5.97 Å². The number of methoxy groups -OCH3 is 1. The van der Waals surface area contributed by atoms with Crippen molar-refractivity contribution in [1.82, 2.24) is 4.90 Å². The Balaban J connectivity index is 2.85. The molecule has 1 aromatic rings. The number of carbonyl (C=O) groups is 2. The monoisotopic (exact) mass is 250 g/mol. The van der Waals surface area contributed by atoms with Gasteiger partial charge >= 0.3 is 5.97 Å². The Labute approximate surface area is 107 Å². The Morgan fingerprint density at radius 3 is 2.67 bits per heavy atom. The third-order valence-corrected chi connectivity index (χ3v) is 2.46. The molecule has 0 spiro atoms. The first-order valence-electron chi connectivity index (χ1n) is 5.80. The molecule has 0 atom stereocenters. The van der Waals surface area contributed by atoms with E-state index in [9.17, 15) is 9.59 Å². The predicted octanol–water partition coefficient (Wildman–Crippen LogP) is 1.29. The summed E-state index contributed by atoms with van der Waals surface area (Å²) in [7, 11) is 1.30. The van der Waals surface area contributed by atoms with E-state index in [1.165, 1.54) is 12.0 Å². The van der Waals surface area contributed by atoms with Gasteiger partial charge in [-0.15, -0.1) is 0 Å². The third-order valence-electron chi connectivity index (χ3n) is 2.46. The molecule has 1 aromatic carbocycles. The molecular weight excluding hydrogens is 232 g/mol. The minimum atomic E-state index is -0.430. The van der Waals surface area contributed by atoms with Crippen molar-refractivity contribution in [2.75, 3.05) is 25.9 Å². The molecule has 1 rings (SSSR count). The van der Waals surface area contributed by atoms with Crippen molar-refractivity contribution in [3.63, 3.8) is 0 Å². The molecule has 5 nitrogen and oxygen atoms in total. The molecule has 0 bridgehead atoms. The van der Waals surface area contributed by atoms with E-state index in [0.717, 1.165) is 6.42 Å². The normalized spacial score (nSPS) is 9.89. The van der Waals surface area contributed by atoms with E-state index in [1.807, 2.05) is 6.92 Å². The summed E-state index contributed by atoms with van der Waals surface area (Å²) in [5, 5.41) is 0. The van der Waals surface area contributed by atoms with Crippen LogP contribution >= 0.6 is 0 Å².